The Morgan fingerprint density at radius 3 is 2.80 bits per heavy atom. The molecule has 0 saturated heterocycles. The molecular formula is C16H21N3O. The minimum Gasteiger partial charge on any atom is -0.488 e. The zero-order valence-electron chi connectivity index (χ0n) is 12.1. The Bertz CT molecular complexity index is 593. The van der Waals surface area contributed by atoms with Gasteiger partial charge in [0.2, 0.25) is 0 Å². The largest absolute Gasteiger partial charge is 0.488 e. The number of nitrogen functional groups attached to an aromatic ring is 1. The molecule has 2 heterocycles. The molecule has 1 unspecified atom stereocenters. The van der Waals surface area contributed by atoms with Gasteiger partial charge in [-0.3, -0.25) is 4.68 Å². The lowest BCUT2D eigenvalue weighted by Gasteiger charge is -2.13. The smallest absolute Gasteiger partial charge is 0.123 e. The number of para-hydroxylation sites is 1. The van der Waals surface area contributed by atoms with Gasteiger partial charge in [0.25, 0.3) is 0 Å². The van der Waals surface area contributed by atoms with Gasteiger partial charge in [0.15, 0.2) is 0 Å². The van der Waals surface area contributed by atoms with Crippen molar-refractivity contribution < 1.29 is 4.74 Å². The molecular weight excluding hydrogens is 250 g/mol. The second kappa shape index (κ2) is 5.19. The molecule has 1 atom stereocenters. The number of benzene rings is 1. The lowest BCUT2D eigenvalue weighted by atomic mass is 10.1. The molecule has 106 valence electrons. The van der Waals surface area contributed by atoms with E-state index in [0.29, 0.717) is 0 Å². The third-order valence-corrected chi connectivity index (χ3v) is 3.93. The number of nitrogens with zero attached hydrogens (tertiary/aromatic N) is 2. The van der Waals surface area contributed by atoms with Crippen LogP contribution in [0.5, 0.6) is 5.75 Å². The predicted molar refractivity (Wildman–Crippen MR) is 80.0 cm³/mol. The second-order valence-corrected chi connectivity index (χ2v) is 5.25. The van der Waals surface area contributed by atoms with E-state index in [1.54, 1.807) is 0 Å². The van der Waals surface area contributed by atoms with Crippen LogP contribution in [0, 0.1) is 0 Å². The quantitative estimate of drug-likeness (QED) is 0.930. The fraction of sp³-hybridized carbons (Fsp3) is 0.438. The molecule has 1 aliphatic rings. The molecule has 0 saturated carbocycles. The molecule has 2 aromatic rings. The first-order valence-electron chi connectivity index (χ1n) is 7.31. The lowest BCUT2D eigenvalue weighted by molar-refractivity contribution is 0.201. The van der Waals surface area contributed by atoms with Gasteiger partial charge in [-0.15, -0.1) is 0 Å². The van der Waals surface area contributed by atoms with Crippen molar-refractivity contribution in [2.24, 2.45) is 0 Å². The summed E-state index contributed by atoms with van der Waals surface area (Å²) in [5.41, 5.74) is 10.4. The van der Waals surface area contributed by atoms with Crippen molar-refractivity contribution in [1.29, 1.82) is 0 Å². The van der Waals surface area contributed by atoms with Gasteiger partial charge in [0.1, 0.15) is 11.9 Å². The zero-order valence-corrected chi connectivity index (χ0v) is 12.1. The monoisotopic (exact) mass is 271 g/mol. The highest BCUT2D eigenvalue weighted by atomic mass is 16.5. The number of hydrogen-bond acceptors (Lipinski definition) is 3. The molecule has 1 aliphatic heterocycles. The first-order valence-corrected chi connectivity index (χ1v) is 7.31. The van der Waals surface area contributed by atoms with E-state index < -0.39 is 0 Å². The van der Waals surface area contributed by atoms with Crippen LogP contribution in [-0.2, 0) is 25.8 Å². The number of hydrogen-bond donors (Lipinski definition) is 1. The first-order chi connectivity index (χ1) is 9.72. The van der Waals surface area contributed by atoms with Gasteiger partial charge in [-0.1, -0.05) is 32.0 Å². The topological polar surface area (TPSA) is 53.1 Å². The fourth-order valence-electron chi connectivity index (χ4n) is 2.90. The molecule has 4 nitrogen and oxygen atoms in total. The normalized spacial score (nSPS) is 17.0. The van der Waals surface area contributed by atoms with E-state index in [9.17, 15) is 0 Å². The highest BCUT2D eigenvalue weighted by Gasteiger charge is 2.24. The van der Waals surface area contributed by atoms with Crippen molar-refractivity contribution >= 4 is 5.69 Å². The Morgan fingerprint density at radius 2 is 2.10 bits per heavy atom. The fourth-order valence-corrected chi connectivity index (χ4v) is 2.90. The molecule has 0 bridgehead atoms. The summed E-state index contributed by atoms with van der Waals surface area (Å²) in [5.74, 6) is 1.01. The summed E-state index contributed by atoms with van der Waals surface area (Å²) in [7, 11) is 0. The van der Waals surface area contributed by atoms with Crippen molar-refractivity contribution in [2.45, 2.75) is 45.8 Å². The maximum atomic E-state index is 6.16. The van der Waals surface area contributed by atoms with Gasteiger partial charge in [-0.2, -0.15) is 5.10 Å². The molecule has 0 fully saturated rings. The summed E-state index contributed by atoms with van der Waals surface area (Å²) in [5, 5.41) is 4.64. The average Bonchev–Trinajstić information content (AvgIpc) is 2.99. The van der Waals surface area contributed by atoms with Gasteiger partial charge < -0.3 is 10.5 Å². The lowest BCUT2D eigenvalue weighted by Crippen LogP contribution is -2.23. The van der Waals surface area contributed by atoms with Crippen molar-refractivity contribution in [3.8, 4) is 5.75 Å². The van der Waals surface area contributed by atoms with Gasteiger partial charge >= 0.3 is 0 Å². The van der Waals surface area contributed by atoms with E-state index in [-0.39, 0.29) is 6.10 Å². The van der Waals surface area contributed by atoms with E-state index in [4.69, 9.17) is 10.5 Å². The van der Waals surface area contributed by atoms with Crippen LogP contribution < -0.4 is 10.5 Å². The Morgan fingerprint density at radius 1 is 1.30 bits per heavy atom. The maximum Gasteiger partial charge on any atom is 0.123 e. The van der Waals surface area contributed by atoms with E-state index in [0.717, 1.165) is 48.6 Å². The van der Waals surface area contributed by atoms with Crippen LogP contribution in [0.25, 0.3) is 0 Å². The molecule has 0 spiro atoms. The summed E-state index contributed by atoms with van der Waals surface area (Å²) in [4.78, 5) is 0. The number of fused-ring (bicyclic) bond motifs is 1. The maximum absolute atomic E-state index is 6.16. The van der Waals surface area contributed by atoms with Gasteiger partial charge in [0, 0.05) is 6.42 Å². The van der Waals surface area contributed by atoms with Gasteiger partial charge in [-0.05, 0) is 24.5 Å². The predicted octanol–water partition coefficient (Wildman–Crippen LogP) is 2.59. The summed E-state index contributed by atoms with van der Waals surface area (Å²) >= 11 is 0. The summed E-state index contributed by atoms with van der Waals surface area (Å²) in [6, 6.07) is 8.23. The number of aromatic nitrogens is 2. The number of anilines is 1. The highest BCUT2D eigenvalue weighted by molar-refractivity contribution is 5.48. The van der Waals surface area contributed by atoms with Gasteiger partial charge in [-0.25, -0.2) is 0 Å². The third kappa shape index (κ3) is 2.15. The van der Waals surface area contributed by atoms with Crippen LogP contribution in [0.15, 0.2) is 24.3 Å². The molecule has 3 rings (SSSR count). The van der Waals surface area contributed by atoms with Crippen LogP contribution in [0.1, 0.15) is 30.8 Å². The van der Waals surface area contributed by atoms with E-state index in [1.807, 2.05) is 16.8 Å². The van der Waals surface area contributed by atoms with Crippen LogP contribution >= 0.6 is 0 Å². The molecule has 0 radical (unpaired) electrons. The standard InChI is InChI=1S/C16H21N3O/c1-3-13-16(17)14(4-2)19(18-13)10-12-9-11-7-5-6-8-15(11)20-12/h5-8,12H,3-4,9-10,17H2,1-2H3. The Balaban J connectivity index is 1.80. The number of rotatable bonds is 4. The zero-order chi connectivity index (χ0) is 14.1. The highest BCUT2D eigenvalue weighted by Crippen LogP contribution is 2.29. The Kier molecular flexibility index (Phi) is 3.38. The van der Waals surface area contributed by atoms with Crippen molar-refractivity contribution in [3.05, 3.63) is 41.2 Å². The van der Waals surface area contributed by atoms with Crippen LogP contribution in [0.4, 0.5) is 5.69 Å². The summed E-state index contributed by atoms with van der Waals surface area (Å²) in [6.45, 7) is 4.97. The van der Waals surface area contributed by atoms with Crippen LogP contribution in [0.3, 0.4) is 0 Å². The molecule has 0 aliphatic carbocycles. The van der Waals surface area contributed by atoms with Crippen molar-refractivity contribution in [1.82, 2.24) is 9.78 Å². The molecule has 1 aromatic heterocycles. The van der Waals surface area contributed by atoms with E-state index >= 15 is 0 Å². The Labute approximate surface area is 119 Å². The van der Waals surface area contributed by atoms with E-state index in [2.05, 4.69) is 31.1 Å². The number of nitrogens with two attached hydrogens (primary N) is 1. The summed E-state index contributed by atoms with van der Waals surface area (Å²) in [6.07, 6.45) is 2.87. The van der Waals surface area contributed by atoms with Crippen LogP contribution in [0.2, 0.25) is 0 Å². The SMILES string of the molecule is CCc1nn(CC2Cc3ccccc3O2)c(CC)c1N. The molecule has 1 aromatic carbocycles. The second-order valence-electron chi connectivity index (χ2n) is 5.25. The summed E-state index contributed by atoms with van der Waals surface area (Å²) < 4.78 is 8.02. The van der Waals surface area contributed by atoms with Gasteiger partial charge in [0.05, 0.1) is 23.6 Å². The number of aryl methyl sites for hydroxylation is 1. The number of ether oxygens (including phenoxy) is 1. The minimum atomic E-state index is 0.154. The first kappa shape index (κ1) is 13.0. The molecule has 0 amide bonds. The molecule has 20 heavy (non-hydrogen) atoms. The molecule has 4 heteroatoms. The minimum absolute atomic E-state index is 0.154. The van der Waals surface area contributed by atoms with E-state index in [1.165, 1.54) is 5.56 Å². The van der Waals surface area contributed by atoms with Crippen molar-refractivity contribution in [3.63, 3.8) is 0 Å². The molecule has 2 N–H and O–H groups in total. The van der Waals surface area contributed by atoms with Crippen LogP contribution in [-0.4, -0.2) is 15.9 Å². The van der Waals surface area contributed by atoms with Crippen molar-refractivity contribution in [2.75, 3.05) is 5.73 Å². The Hall–Kier alpha value is -1.97. The average molecular weight is 271 g/mol. The third-order valence-electron chi connectivity index (χ3n) is 3.93.